The van der Waals surface area contributed by atoms with Crippen LogP contribution in [-0.2, 0) is 4.74 Å². The summed E-state index contributed by atoms with van der Waals surface area (Å²) >= 11 is 0. The van der Waals surface area contributed by atoms with Crippen LogP contribution in [0.1, 0.15) is 10.4 Å². The maximum Gasteiger partial charge on any atom is 0.337 e. The molecule has 0 fully saturated rings. The molecule has 3 aromatic rings. The van der Waals surface area contributed by atoms with Gasteiger partial charge < -0.3 is 15.5 Å². The van der Waals surface area contributed by atoms with Crippen molar-refractivity contribution in [1.29, 1.82) is 0 Å². The molecule has 0 amide bonds. The molecule has 0 saturated carbocycles. The predicted octanol–water partition coefficient (Wildman–Crippen LogP) is 1.48. The number of H-pyrrole nitrogens is 1. The van der Waals surface area contributed by atoms with Gasteiger partial charge in [-0.15, -0.1) is 0 Å². The number of anilines is 1. The lowest BCUT2D eigenvalue weighted by atomic mass is 10.1. The number of nitrogens with zero attached hydrogens (tertiary/aromatic N) is 2. The lowest BCUT2D eigenvalue weighted by Crippen LogP contribution is -2.00. The molecule has 18 heavy (non-hydrogen) atoms. The van der Waals surface area contributed by atoms with Crippen LogP contribution >= 0.6 is 0 Å². The number of nitrogen functional groups attached to an aromatic ring is 1. The molecule has 0 saturated heterocycles. The van der Waals surface area contributed by atoms with Crippen molar-refractivity contribution in [1.82, 2.24) is 15.0 Å². The molecule has 90 valence electrons. The molecular formula is C12H10N4O2. The fourth-order valence-electron chi connectivity index (χ4n) is 2.00. The van der Waals surface area contributed by atoms with Crippen molar-refractivity contribution in [3.8, 4) is 0 Å². The van der Waals surface area contributed by atoms with E-state index >= 15 is 0 Å². The van der Waals surface area contributed by atoms with Gasteiger partial charge in [-0.3, -0.25) is 0 Å². The minimum absolute atomic E-state index is 0.380. The molecule has 0 bridgehead atoms. The summed E-state index contributed by atoms with van der Waals surface area (Å²) in [6.45, 7) is 0. The summed E-state index contributed by atoms with van der Waals surface area (Å²) < 4.78 is 4.68. The molecule has 6 heteroatoms. The van der Waals surface area contributed by atoms with Crippen molar-refractivity contribution < 1.29 is 9.53 Å². The van der Waals surface area contributed by atoms with Crippen LogP contribution in [0.25, 0.3) is 21.9 Å². The molecular weight excluding hydrogens is 232 g/mol. The van der Waals surface area contributed by atoms with E-state index < -0.39 is 0 Å². The van der Waals surface area contributed by atoms with Gasteiger partial charge in [0.15, 0.2) is 0 Å². The van der Waals surface area contributed by atoms with Gasteiger partial charge in [0.05, 0.1) is 18.1 Å². The Labute approximate surface area is 102 Å². The summed E-state index contributed by atoms with van der Waals surface area (Å²) in [6, 6.07) is 5.20. The van der Waals surface area contributed by atoms with Crippen molar-refractivity contribution in [2.45, 2.75) is 0 Å². The Kier molecular flexibility index (Phi) is 2.16. The molecule has 1 aromatic carbocycles. The molecule has 3 N–H and O–H groups in total. The summed E-state index contributed by atoms with van der Waals surface area (Å²) in [6.07, 6.45) is 1.40. The van der Waals surface area contributed by atoms with Crippen LogP contribution in [-0.4, -0.2) is 28.0 Å². The zero-order valence-corrected chi connectivity index (χ0v) is 9.60. The number of rotatable bonds is 1. The number of fused-ring (bicyclic) bond motifs is 3. The first-order chi connectivity index (χ1) is 8.70. The fourth-order valence-corrected chi connectivity index (χ4v) is 2.00. The maximum absolute atomic E-state index is 11.5. The Hall–Kier alpha value is -2.63. The zero-order valence-electron chi connectivity index (χ0n) is 9.60. The highest BCUT2D eigenvalue weighted by atomic mass is 16.5. The molecule has 0 aliphatic rings. The van der Waals surface area contributed by atoms with E-state index in [2.05, 4.69) is 19.7 Å². The molecule has 0 aliphatic carbocycles. The number of aromatic amines is 1. The summed E-state index contributed by atoms with van der Waals surface area (Å²) in [5.74, 6) is 0.0340. The van der Waals surface area contributed by atoms with Crippen LogP contribution in [0.5, 0.6) is 0 Å². The number of hydrogen-bond acceptors (Lipinski definition) is 5. The highest BCUT2D eigenvalue weighted by molar-refractivity contribution is 6.11. The molecule has 0 radical (unpaired) electrons. The van der Waals surface area contributed by atoms with E-state index in [9.17, 15) is 4.79 Å². The smallest absolute Gasteiger partial charge is 0.337 e. The Morgan fingerprint density at radius 1 is 1.39 bits per heavy atom. The Balaban J connectivity index is 2.34. The maximum atomic E-state index is 11.5. The number of carbonyl (C=O) groups excluding carboxylic acids is 1. The zero-order chi connectivity index (χ0) is 12.7. The Morgan fingerprint density at radius 3 is 3.00 bits per heavy atom. The second-order valence-corrected chi connectivity index (χ2v) is 3.86. The van der Waals surface area contributed by atoms with Crippen molar-refractivity contribution in [2.75, 3.05) is 12.8 Å². The van der Waals surface area contributed by atoms with Crippen molar-refractivity contribution in [2.24, 2.45) is 0 Å². The van der Waals surface area contributed by atoms with E-state index in [0.717, 1.165) is 16.3 Å². The number of aromatic nitrogens is 3. The Bertz CT molecular complexity index is 763. The van der Waals surface area contributed by atoms with E-state index in [0.29, 0.717) is 17.0 Å². The molecule has 0 spiro atoms. The number of nitrogens with one attached hydrogen (secondary N) is 1. The monoisotopic (exact) mass is 242 g/mol. The SMILES string of the molecule is COC(=O)c1ccc2c(c1)[nH]c1ncnc(N)c12. The van der Waals surface area contributed by atoms with Gasteiger partial charge in [-0.2, -0.15) is 0 Å². The fraction of sp³-hybridized carbons (Fsp3) is 0.0833. The van der Waals surface area contributed by atoms with Crippen LogP contribution in [0.2, 0.25) is 0 Å². The van der Waals surface area contributed by atoms with Crippen LogP contribution in [0.3, 0.4) is 0 Å². The number of benzene rings is 1. The number of methoxy groups -OCH3 is 1. The van der Waals surface area contributed by atoms with Gasteiger partial charge in [0.2, 0.25) is 0 Å². The summed E-state index contributed by atoms with van der Waals surface area (Å²) in [4.78, 5) is 22.6. The van der Waals surface area contributed by atoms with E-state index in [4.69, 9.17) is 5.73 Å². The average Bonchev–Trinajstić information content (AvgIpc) is 2.76. The molecule has 2 heterocycles. The topological polar surface area (TPSA) is 93.9 Å². The molecule has 6 nitrogen and oxygen atoms in total. The van der Waals surface area contributed by atoms with E-state index in [1.165, 1.54) is 13.4 Å². The summed E-state index contributed by atoms with van der Waals surface area (Å²) in [5, 5.41) is 1.65. The molecule has 0 aliphatic heterocycles. The van der Waals surface area contributed by atoms with Crippen molar-refractivity contribution >= 4 is 33.7 Å². The third kappa shape index (κ3) is 1.39. The standard InChI is InChI=1S/C12H10N4O2/c1-18-12(17)6-2-3-7-8(4-6)16-11-9(7)10(13)14-5-15-11/h2-5H,1H3,(H3,13,14,15,16). The van der Waals surface area contributed by atoms with E-state index in [-0.39, 0.29) is 5.97 Å². The van der Waals surface area contributed by atoms with Gasteiger partial charge in [-0.05, 0) is 12.1 Å². The first-order valence-corrected chi connectivity index (χ1v) is 5.31. The number of hydrogen-bond donors (Lipinski definition) is 2. The summed E-state index contributed by atoms with van der Waals surface area (Å²) in [5.41, 5.74) is 7.73. The first-order valence-electron chi connectivity index (χ1n) is 5.31. The van der Waals surface area contributed by atoms with Gasteiger partial charge in [0.1, 0.15) is 17.8 Å². The van der Waals surface area contributed by atoms with Gasteiger partial charge in [-0.1, -0.05) is 6.07 Å². The van der Waals surface area contributed by atoms with Crippen molar-refractivity contribution in [3.63, 3.8) is 0 Å². The van der Waals surface area contributed by atoms with Crippen molar-refractivity contribution in [3.05, 3.63) is 30.1 Å². The third-order valence-corrected chi connectivity index (χ3v) is 2.84. The van der Waals surface area contributed by atoms with Gasteiger partial charge in [0, 0.05) is 10.9 Å². The highest BCUT2D eigenvalue weighted by Crippen LogP contribution is 2.27. The lowest BCUT2D eigenvalue weighted by Gasteiger charge is -1.99. The lowest BCUT2D eigenvalue weighted by molar-refractivity contribution is 0.0601. The normalized spacial score (nSPS) is 10.9. The van der Waals surface area contributed by atoms with Crippen LogP contribution in [0, 0.1) is 0 Å². The average molecular weight is 242 g/mol. The van der Waals surface area contributed by atoms with Gasteiger partial charge in [0.25, 0.3) is 0 Å². The quantitative estimate of drug-likeness (QED) is 0.630. The molecule has 3 rings (SSSR count). The predicted molar refractivity (Wildman–Crippen MR) is 67.1 cm³/mol. The van der Waals surface area contributed by atoms with Gasteiger partial charge >= 0.3 is 5.97 Å². The van der Waals surface area contributed by atoms with E-state index in [1.54, 1.807) is 18.2 Å². The first kappa shape index (κ1) is 10.5. The minimum atomic E-state index is -0.380. The molecule has 0 unspecified atom stereocenters. The Morgan fingerprint density at radius 2 is 2.22 bits per heavy atom. The number of ether oxygens (including phenoxy) is 1. The van der Waals surface area contributed by atoms with Crippen LogP contribution in [0.15, 0.2) is 24.5 Å². The number of carbonyl (C=O) groups is 1. The minimum Gasteiger partial charge on any atom is -0.465 e. The molecule has 0 atom stereocenters. The van der Waals surface area contributed by atoms with E-state index in [1.807, 2.05) is 0 Å². The van der Waals surface area contributed by atoms with Crippen LogP contribution < -0.4 is 5.73 Å². The van der Waals surface area contributed by atoms with Crippen LogP contribution in [0.4, 0.5) is 5.82 Å². The number of nitrogens with two attached hydrogens (primary N) is 1. The third-order valence-electron chi connectivity index (χ3n) is 2.84. The van der Waals surface area contributed by atoms with Gasteiger partial charge in [-0.25, -0.2) is 14.8 Å². The summed E-state index contributed by atoms with van der Waals surface area (Å²) in [7, 11) is 1.35. The highest BCUT2D eigenvalue weighted by Gasteiger charge is 2.12. The largest absolute Gasteiger partial charge is 0.465 e. The second-order valence-electron chi connectivity index (χ2n) is 3.86. The second kappa shape index (κ2) is 3.69. The number of esters is 1. The molecule has 2 aromatic heterocycles.